The van der Waals surface area contributed by atoms with E-state index in [9.17, 15) is 13.2 Å². The van der Waals surface area contributed by atoms with Crippen LogP contribution in [0.25, 0.3) is 0 Å². The summed E-state index contributed by atoms with van der Waals surface area (Å²) in [6, 6.07) is 5.53. The number of para-hydroxylation sites is 1. The third-order valence-electron chi connectivity index (χ3n) is 2.46. The van der Waals surface area contributed by atoms with Gasteiger partial charge in [-0.05, 0) is 31.9 Å². The van der Waals surface area contributed by atoms with Crippen LogP contribution in [0.15, 0.2) is 18.2 Å². The quantitative estimate of drug-likeness (QED) is 0.822. The van der Waals surface area contributed by atoms with E-state index in [1.165, 1.54) is 11.2 Å². The maximum Gasteiger partial charge on any atom is 0.232 e. The molecule has 0 heterocycles. The number of aryl methyl sites for hydroxylation is 2. The van der Waals surface area contributed by atoms with Gasteiger partial charge in [0.1, 0.15) is 5.78 Å². The van der Waals surface area contributed by atoms with E-state index in [2.05, 4.69) is 0 Å². The highest BCUT2D eigenvalue weighted by molar-refractivity contribution is 7.92. The van der Waals surface area contributed by atoms with Crippen LogP contribution in [0.1, 0.15) is 18.1 Å². The molecule has 17 heavy (non-hydrogen) atoms. The Morgan fingerprint density at radius 2 is 1.71 bits per heavy atom. The summed E-state index contributed by atoms with van der Waals surface area (Å²) in [6.07, 6.45) is 1.11. The lowest BCUT2D eigenvalue weighted by atomic mass is 10.1. The second kappa shape index (κ2) is 4.87. The zero-order valence-electron chi connectivity index (χ0n) is 10.5. The largest absolute Gasteiger partial charge is 0.298 e. The number of Topliss-reactive ketones (excluding diaryl/α,β-unsaturated/α-hetero) is 1. The second-order valence-electron chi connectivity index (χ2n) is 4.21. The van der Waals surface area contributed by atoms with E-state index < -0.39 is 10.0 Å². The van der Waals surface area contributed by atoms with Gasteiger partial charge in [-0.2, -0.15) is 0 Å². The fraction of sp³-hybridized carbons (Fsp3) is 0.417. The Hall–Kier alpha value is -1.36. The normalized spacial score (nSPS) is 11.3. The Labute approximate surface area is 102 Å². The van der Waals surface area contributed by atoms with Gasteiger partial charge in [-0.25, -0.2) is 8.42 Å². The van der Waals surface area contributed by atoms with Crippen LogP contribution in [0.2, 0.25) is 0 Å². The molecule has 0 N–H and O–H groups in total. The molecule has 0 aliphatic carbocycles. The number of hydrogen-bond donors (Lipinski definition) is 0. The van der Waals surface area contributed by atoms with E-state index in [4.69, 9.17) is 0 Å². The van der Waals surface area contributed by atoms with E-state index in [0.717, 1.165) is 17.4 Å². The van der Waals surface area contributed by atoms with Crippen molar-refractivity contribution < 1.29 is 13.2 Å². The van der Waals surface area contributed by atoms with E-state index in [0.29, 0.717) is 5.69 Å². The van der Waals surface area contributed by atoms with Crippen molar-refractivity contribution in [3.05, 3.63) is 29.3 Å². The molecule has 0 aromatic heterocycles. The standard InChI is InChI=1S/C12H17NO3S/c1-9-6-5-7-10(2)12(9)13(8-11(3)14)17(4,15)16/h5-7H,8H2,1-4H3. The lowest BCUT2D eigenvalue weighted by molar-refractivity contribution is -0.115. The lowest BCUT2D eigenvalue weighted by Crippen LogP contribution is -2.35. The monoisotopic (exact) mass is 255 g/mol. The van der Waals surface area contributed by atoms with E-state index in [-0.39, 0.29) is 12.3 Å². The molecular formula is C12H17NO3S. The third-order valence-corrected chi connectivity index (χ3v) is 3.57. The molecule has 0 saturated carbocycles. The molecule has 0 amide bonds. The van der Waals surface area contributed by atoms with Crippen LogP contribution in [-0.2, 0) is 14.8 Å². The molecule has 0 spiro atoms. The lowest BCUT2D eigenvalue weighted by Gasteiger charge is -2.24. The summed E-state index contributed by atoms with van der Waals surface area (Å²) < 4.78 is 24.7. The van der Waals surface area contributed by atoms with Crippen LogP contribution < -0.4 is 4.31 Å². The van der Waals surface area contributed by atoms with Gasteiger partial charge in [-0.1, -0.05) is 18.2 Å². The molecule has 5 heteroatoms. The Balaban J connectivity index is 3.37. The van der Waals surface area contributed by atoms with Crippen LogP contribution in [0.3, 0.4) is 0 Å². The van der Waals surface area contributed by atoms with Crippen LogP contribution in [0.4, 0.5) is 5.69 Å². The summed E-state index contributed by atoms with van der Waals surface area (Å²) in [7, 11) is -3.45. The summed E-state index contributed by atoms with van der Waals surface area (Å²) in [5.41, 5.74) is 2.29. The second-order valence-corrected chi connectivity index (χ2v) is 6.12. The minimum atomic E-state index is -3.45. The first-order valence-electron chi connectivity index (χ1n) is 5.27. The van der Waals surface area contributed by atoms with Crippen molar-refractivity contribution in [3.8, 4) is 0 Å². The molecule has 0 atom stereocenters. The van der Waals surface area contributed by atoms with Gasteiger partial charge in [0.2, 0.25) is 10.0 Å². The molecule has 1 rings (SSSR count). The third kappa shape index (κ3) is 3.30. The molecule has 4 nitrogen and oxygen atoms in total. The van der Waals surface area contributed by atoms with Gasteiger partial charge in [0.05, 0.1) is 18.5 Å². The highest BCUT2D eigenvalue weighted by Gasteiger charge is 2.22. The molecular weight excluding hydrogens is 238 g/mol. The summed E-state index contributed by atoms with van der Waals surface area (Å²) in [4.78, 5) is 11.2. The SMILES string of the molecule is CC(=O)CN(c1c(C)cccc1C)S(C)(=O)=O. The van der Waals surface area contributed by atoms with Gasteiger partial charge in [0.25, 0.3) is 0 Å². The van der Waals surface area contributed by atoms with Crippen LogP contribution in [-0.4, -0.2) is 27.0 Å². The molecule has 0 fully saturated rings. The number of carbonyl (C=O) groups is 1. The molecule has 1 aromatic rings. The average molecular weight is 255 g/mol. The summed E-state index contributed by atoms with van der Waals surface area (Å²) in [5.74, 6) is -0.182. The van der Waals surface area contributed by atoms with Crippen molar-refractivity contribution in [2.75, 3.05) is 17.1 Å². The zero-order chi connectivity index (χ0) is 13.2. The van der Waals surface area contributed by atoms with Crippen molar-refractivity contribution in [1.82, 2.24) is 0 Å². The summed E-state index contributed by atoms with van der Waals surface area (Å²) in [6.45, 7) is 4.93. The Morgan fingerprint density at radius 3 is 2.06 bits per heavy atom. The molecule has 1 aromatic carbocycles. The van der Waals surface area contributed by atoms with Crippen molar-refractivity contribution in [1.29, 1.82) is 0 Å². The molecule has 0 saturated heterocycles. The molecule has 0 aliphatic rings. The van der Waals surface area contributed by atoms with Gasteiger partial charge in [0, 0.05) is 0 Å². The number of anilines is 1. The number of sulfonamides is 1. The summed E-state index contributed by atoms with van der Waals surface area (Å²) in [5, 5.41) is 0. The van der Waals surface area contributed by atoms with Crippen LogP contribution >= 0.6 is 0 Å². The van der Waals surface area contributed by atoms with E-state index in [1.807, 2.05) is 32.0 Å². The number of nitrogens with zero attached hydrogens (tertiary/aromatic N) is 1. The van der Waals surface area contributed by atoms with Gasteiger partial charge < -0.3 is 0 Å². The maximum absolute atomic E-state index is 11.7. The predicted octanol–water partition coefficient (Wildman–Crippen LogP) is 1.66. The van der Waals surface area contributed by atoms with Gasteiger partial charge in [-0.15, -0.1) is 0 Å². The van der Waals surface area contributed by atoms with Crippen LogP contribution in [0.5, 0.6) is 0 Å². The predicted molar refractivity (Wildman–Crippen MR) is 68.8 cm³/mol. The molecule has 94 valence electrons. The minimum Gasteiger partial charge on any atom is -0.298 e. The number of hydrogen-bond acceptors (Lipinski definition) is 3. The van der Waals surface area contributed by atoms with E-state index in [1.54, 1.807) is 0 Å². The number of rotatable bonds is 4. The van der Waals surface area contributed by atoms with Crippen molar-refractivity contribution in [2.45, 2.75) is 20.8 Å². The highest BCUT2D eigenvalue weighted by atomic mass is 32.2. The first kappa shape index (κ1) is 13.7. The minimum absolute atomic E-state index is 0.121. The Bertz CT molecular complexity index is 514. The fourth-order valence-corrected chi connectivity index (χ4v) is 2.80. The van der Waals surface area contributed by atoms with Crippen molar-refractivity contribution in [2.24, 2.45) is 0 Å². The fourth-order valence-electron chi connectivity index (χ4n) is 1.76. The number of carbonyl (C=O) groups excluding carboxylic acids is 1. The van der Waals surface area contributed by atoms with Gasteiger partial charge in [0.15, 0.2) is 0 Å². The number of benzene rings is 1. The van der Waals surface area contributed by atoms with Gasteiger partial charge >= 0.3 is 0 Å². The zero-order valence-corrected chi connectivity index (χ0v) is 11.3. The number of ketones is 1. The molecule has 0 aliphatic heterocycles. The van der Waals surface area contributed by atoms with Gasteiger partial charge in [-0.3, -0.25) is 9.10 Å². The first-order valence-corrected chi connectivity index (χ1v) is 7.11. The summed E-state index contributed by atoms with van der Waals surface area (Å²) >= 11 is 0. The maximum atomic E-state index is 11.7. The van der Waals surface area contributed by atoms with Crippen LogP contribution in [0, 0.1) is 13.8 Å². The van der Waals surface area contributed by atoms with E-state index >= 15 is 0 Å². The molecule has 0 bridgehead atoms. The Morgan fingerprint density at radius 1 is 1.24 bits per heavy atom. The molecule has 0 radical (unpaired) electrons. The highest BCUT2D eigenvalue weighted by Crippen LogP contribution is 2.26. The average Bonchev–Trinajstić information content (AvgIpc) is 2.13. The first-order chi connectivity index (χ1) is 7.73. The van der Waals surface area contributed by atoms with Crippen molar-refractivity contribution in [3.63, 3.8) is 0 Å². The van der Waals surface area contributed by atoms with Crippen molar-refractivity contribution >= 4 is 21.5 Å². The molecule has 0 unspecified atom stereocenters. The Kier molecular flexibility index (Phi) is 3.93. The topological polar surface area (TPSA) is 54.5 Å². The smallest absolute Gasteiger partial charge is 0.232 e.